The van der Waals surface area contributed by atoms with Crippen molar-refractivity contribution in [1.82, 2.24) is 0 Å². The lowest BCUT2D eigenvalue weighted by Crippen LogP contribution is -2.41. The van der Waals surface area contributed by atoms with Crippen LogP contribution in [0.15, 0.2) is 212 Å². The Bertz CT molecular complexity index is 3620. The normalized spacial score (nSPS) is 14.3. The molecule has 0 atom stereocenters. The molecule has 2 aliphatic carbocycles. The van der Waals surface area contributed by atoms with Gasteiger partial charge < -0.3 is 10.2 Å². The average Bonchev–Trinajstić information content (AvgIpc) is 3.74. The summed E-state index contributed by atoms with van der Waals surface area (Å²) in [5.74, 6) is 0. The molecule has 3 aliphatic rings. The van der Waals surface area contributed by atoms with E-state index in [1.807, 2.05) is 0 Å². The van der Waals surface area contributed by atoms with E-state index >= 15 is 0 Å². The largest absolute Gasteiger partial charge is 0.355 e. The molecule has 0 fully saturated rings. The molecular weight excluding hydrogens is 808 g/mol. The Morgan fingerprint density at radius 2 is 0.985 bits per heavy atom. The first kappa shape index (κ1) is 39.5. The van der Waals surface area contributed by atoms with Crippen LogP contribution >= 0.6 is 0 Å². The molecule has 3 heteroatoms. The second kappa shape index (κ2) is 14.8. The van der Waals surface area contributed by atoms with Crippen LogP contribution in [0.2, 0.25) is 0 Å². The first-order chi connectivity index (χ1) is 32.7. The highest BCUT2D eigenvalue weighted by Gasteiger charge is 2.40. The number of hydrogen-bond acceptors (Lipinski definition) is 2. The van der Waals surface area contributed by atoms with Gasteiger partial charge in [-0.15, -0.1) is 0 Å². The monoisotopic (exact) mass is 855 g/mol. The number of anilines is 5. The van der Waals surface area contributed by atoms with E-state index in [1.165, 1.54) is 105 Å². The van der Waals surface area contributed by atoms with Crippen LogP contribution < -0.4 is 21.1 Å². The molecule has 0 amide bonds. The van der Waals surface area contributed by atoms with Crippen LogP contribution in [-0.2, 0) is 10.8 Å². The SMILES string of the molecule is CC1(C)c2ccccc2-c2ccc(N3c4cc5c(cc4[B]c4c(-c6c(Nc7ccc(-c8ccccc8)cc7)ccc7ccccc67)cc(-c6ccccc6)cc43)-c3ccccc3C5(C)C)cc21. The lowest BCUT2D eigenvalue weighted by atomic mass is 9.57. The molecule has 1 aliphatic heterocycles. The van der Waals surface area contributed by atoms with Crippen molar-refractivity contribution in [3.63, 3.8) is 0 Å². The second-order valence-electron chi connectivity index (χ2n) is 19.6. The molecular formula is C64H48BN2. The molecule has 1 radical (unpaired) electrons. The smallest absolute Gasteiger partial charge is 0.197 e. The maximum Gasteiger partial charge on any atom is 0.197 e. The number of benzene rings is 10. The Hall–Kier alpha value is -7.88. The van der Waals surface area contributed by atoms with Gasteiger partial charge in [0.2, 0.25) is 0 Å². The zero-order chi connectivity index (χ0) is 45.0. The summed E-state index contributed by atoms with van der Waals surface area (Å²) in [4.78, 5) is 2.58. The van der Waals surface area contributed by atoms with Gasteiger partial charge in [0.15, 0.2) is 7.28 Å². The van der Waals surface area contributed by atoms with Crippen LogP contribution in [0, 0.1) is 0 Å². The molecule has 13 rings (SSSR count). The molecule has 317 valence electrons. The summed E-state index contributed by atoms with van der Waals surface area (Å²) in [5.41, 5.74) is 25.6. The van der Waals surface area contributed by atoms with Gasteiger partial charge in [0.25, 0.3) is 0 Å². The fourth-order valence-electron chi connectivity index (χ4n) is 11.6. The summed E-state index contributed by atoms with van der Waals surface area (Å²) in [7, 11) is 2.48. The van der Waals surface area contributed by atoms with E-state index in [1.54, 1.807) is 0 Å². The van der Waals surface area contributed by atoms with Gasteiger partial charge in [0.05, 0.1) is 0 Å². The quantitative estimate of drug-likeness (QED) is 0.168. The van der Waals surface area contributed by atoms with Gasteiger partial charge in [-0.25, -0.2) is 0 Å². The molecule has 0 saturated heterocycles. The summed E-state index contributed by atoms with van der Waals surface area (Å²) in [5, 5.41) is 6.34. The summed E-state index contributed by atoms with van der Waals surface area (Å²) in [6.45, 7) is 9.55. The van der Waals surface area contributed by atoms with Crippen LogP contribution in [0.4, 0.5) is 28.4 Å². The number of fused-ring (bicyclic) bond motifs is 9. The van der Waals surface area contributed by atoms with Crippen molar-refractivity contribution in [1.29, 1.82) is 0 Å². The van der Waals surface area contributed by atoms with E-state index in [0.29, 0.717) is 0 Å². The first-order valence-corrected chi connectivity index (χ1v) is 23.6. The molecule has 10 aromatic rings. The fourth-order valence-corrected chi connectivity index (χ4v) is 11.6. The molecule has 1 heterocycles. The summed E-state index contributed by atoms with van der Waals surface area (Å²) < 4.78 is 0. The molecule has 0 saturated carbocycles. The number of nitrogens with zero attached hydrogens (tertiary/aromatic N) is 1. The van der Waals surface area contributed by atoms with Crippen molar-refractivity contribution < 1.29 is 0 Å². The Balaban J connectivity index is 1.07. The average molecular weight is 856 g/mol. The van der Waals surface area contributed by atoms with Crippen molar-refractivity contribution in [3.8, 4) is 55.6 Å². The maximum atomic E-state index is 3.94. The summed E-state index contributed by atoms with van der Waals surface area (Å²) in [6.07, 6.45) is 0. The number of nitrogens with one attached hydrogen (secondary N) is 1. The Morgan fingerprint density at radius 1 is 0.403 bits per heavy atom. The van der Waals surface area contributed by atoms with Gasteiger partial charge in [-0.2, -0.15) is 0 Å². The van der Waals surface area contributed by atoms with Gasteiger partial charge in [0, 0.05) is 44.8 Å². The van der Waals surface area contributed by atoms with Gasteiger partial charge in [-0.05, 0) is 137 Å². The van der Waals surface area contributed by atoms with Gasteiger partial charge in [-0.1, -0.05) is 197 Å². The number of rotatable bonds is 6. The minimum absolute atomic E-state index is 0.156. The predicted molar refractivity (Wildman–Crippen MR) is 285 cm³/mol. The zero-order valence-corrected chi connectivity index (χ0v) is 38.2. The first-order valence-electron chi connectivity index (χ1n) is 23.6. The summed E-state index contributed by atoms with van der Waals surface area (Å²) in [6, 6.07) is 78.8. The molecule has 0 aromatic heterocycles. The maximum absolute atomic E-state index is 3.94. The molecule has 2 nitrogen and oxygen atoms in total. The van der Waals surface area contributed by atoms with Gasteiger partial charge >= 0.3 is 0 Å². The Labute approximate surface area is 394 Å². The highest BCUT2D eigenvalue weighted by atomic mass is 15.2. The molecule has 0 spiro atoms. The fraction of sp³-hybridized carbons (Fsp3) is 0.0938. The molecule has 1 N–H and O–H groups in total. The minimum atomic E-state index is -0.158. The summed E-state index contributed by atoms with van der Waals surface area (Å²) >= 11 is 0. The van der Waals surface area contributed by atoms with E-state index in [-0.39, 0.29) is 10.8 Å². The minimum Gasteiger partial charge on any atom is -0.355 e. The molecule has 0 bridgehead atoms. The highest BCUT2D eigenvalue weighted by molar-refractivity contribution is 6.73. The van der Waals surface area contributed by atoms with E-state index in [2.05, 4.69) is 258 Å². The Kier molecular flexibility index (Phi) is 8.74. The Morgan fingerprint density at radius 3 is 1.70 bits per heavy atom. The van der Waals surface area contributed by atoms with Crippen LogP contribution in [0.25, 0.3) is 66.4 Å². The molecule has 0 unspecified atom stereocenters. The zero-order valence-electron chi connectivity index (χ0n) is 38.2. The third kappa shape index (κ3) is 6.11. The van der Waals surface area contributed by atoms with Crippen LogP contribution in [0.1, 0.15) is 49.9 Å². The van der Waals surface area contributed by atoms with E-state index < -0.39 is 0 Å². The van der Waals surface area contributed by atoms with Crippen LogP contribution in [-0.4, -0.2) is 7.28 Å². The standard InChI is InChI=1S/C64H48BN2/c1-63(2)53-25-15-13-23-48(53)50-33-32-46(37-55(50)63)67-59-39-56-51(49-24-14-16-26-54(49)64(56,3)4)38-57(59)65-62-52(35-44(36-60(62)67)41-19-9-6-10-20-41)61-47-22-12-11-21-43(47)29-34-58(61)66-45-30-27-42(28-31-45)40-17-7-5-8-18-40/h5-39,66H,1-4H3. The third-order valence-corrected chi connectivity index (χ3v) is 15.1. The van der Waals surface area contributed by atoms with Crippen molar-refractivity contribution in [2.24, 2.45) is 0 Å². The van der Waals surface area contributed by atoms with Crippen LogP contribution in [0.3, 0.4) is 0 Å². The van der Waals surface area contributed by atoms with Crippen molar-refractivity contribution in [2.75, 3.05) is 10.2 Å². The lowest BCUT2D eigenvalue weighted by Gasteiger charge is -2.37. The number of hydrogen-bond donors (Lipinski definition) is 1. The van der Waals surface area contributed by atoms with Crippen LogP contribution in [0.5, 0.6) is 0 Å². The van der Waals surface area contributed by atoms with Gasteiger partial charge in [0.1, 0.15) is 0 Å². The van der Waals surface area contributed by atoms with E-state index in [4.69, 9.17) is 0 Å². The van der Waals surface area contributed by atoms with Gasteiger partial charge in [-0.3, -0.25) is 0 Å². The predicted octanol–water partition coefficient (Wildman–Crippen LogP) is 15.6. The van der Waals surface area contributed by atoms with E-state index in [9.17, 15) is 0 Å². The van der Waals surface area contributed by atoms with Crippen molar-refractivity contribution in [2.45, 2.75) is 38.5 Å². The van der Waals surface area contributed by atoms with E-state index in [0.717, 1.165) is 22.7 Å². The highest BCUT2D eigenvalue weighted by Crippen LogP contribution is 2.54. The lowest BCUT2D eigenvalue weighted by molar-refractivity contribution is 0.660. The molecule has 10 aromatic carbocycles. The van der Waals surface area contributed by atoms with Crippen molar-refractivity contribution in [3.05, 3.63) is 235 Å². The second-order valence-corrected chi connectivity index (χ2v) is 19.6. The third-order valence-electron chi connectivity index (χ3n) is 15.1. The molecule has 67 heavy (non-hydrogen) atoms. The topological polar surface area (TPSA) is 15.3 Å². The van der Waals surface area contributed by atoms with Crippen molar-refractivity contribution >= 4 is 57.4 Å².